The predicted molar refractivity (Wildman–Crippen MR) is 94.6 cm³/mol. The number of rotatable bonds is 3. The van der Waals surface area contributed by atoms with Crippen LogP contribution in [0, 0.1) is 6.92 Å². The van der Waals surface area contributed by atoms with Gasteiger partial charge in [0, 0.05) is 63.4 Å². The number of likely N-dealkylation sites (tertiary alicyclic amines) is 1. The van der Waals surface area contributed by atoms with Gasteiger partial charge in [0.1, 0.15) is 0 Å². The van der Waals surface area contributed by atoms with E-state index in [2.05, 4.69) is 45.2 Å². The summed E-state index contributed by atoms with van der Waals surface area (Å²) >= 11 is 0. The van der Waals surface area contributed by atoms with Gasteiger partial charge in [-0.15, -0.1) is 0 Å². The van der Waals surface area contributed by atoms with Crippen molar-refractivity contribution >= 4 is 10.9 Å². The number of pyridine rings is 1. The first-order valence-electron chi connectivity index (χ1n) is 8.81. The molecule has 0 aliphatic carbocycles. The van der Waals surface area contributed by atoms with Crippen LogP contribution in [0.1, 0.15) is 17.5 Å². The second-order valence-electron chi connectivity index (χ2n) is 6.95. The fourth-order valence-electron chi connectivity index (χ4n) is 4.10. The van der Waals surface area contributed by atoms with Gasteiger partial charge in [-0.2, -0.15) is 0 Å². The molecule has 23 heavy (non-hydrogen) atoms. The zero-order valence-corrected chi connectivity index (χ0v) is 14.0. The van der Waals surface area contributed by atoms with Crippen molar-refractivity contribution in [3.63, 3.8) is 0 Å². The Bertz CT molecular complexity index is 678. The summed E-state index contributed by atoms with van der Waals surface area (Å²) in [5.74, 6) is 0. The number of aryl methyl sites for hydroxylation is 1. The van der Waals surface area contributed by atoms with Crippen molar-refractivity contribution in [2.75, 3.05) is 39.3 Å². The first-order chi connectivity index (χ1) is 11.3. The zero-order valence-electron chi connectivity index (χ0n) is 14.0. The molecule has 3 heterocycles. The van der Waals surface area contributed by atoms with Gasteiger partial charge in [-0.25, -0.2) is 0 Å². The summed E-state index contributed by atoms with van der Waals surface area (Å²) in [7, 11) is 0. The van der Waals surface area contributed by atoms with Gasteiger partial charge in [0.2, 0.25) is 0 Å². The summed E-state index contributed by atoms with van der Waals surface area (Å²) < 4.78 is 0. The van der Waals surface area contributed by atoms with Crippen molar-refractivity contribution in [1.82, 2.24) is 20.1 Å². The molecular weight excluding hydrogens is 284 g/mol. The fourth-order valence-corrected chi connectivity index (χ4v) is 4.10. The lowest BCUT2D eigenvalue weighted by Gasteiger charge is -2.32. The summed E-state index contributed by atoms with van der Waals surface area (Å²) in [4.78, 5) is 9.79. The minimum absolute atomic E-state index is 0.750. The molecule has 0 saturated carbocycles. The van der Waals surface area contributed by atoms with Crippen molar-refractivity contribution in [2.24, 2.45) is 0 Å². The summed E-state index contributed by atoms with van der Waals surface area (Å²) in [6, 6.07) is 9.58. The maximum absolute atomic E-state index is 4.50. The molecule has 4 rings (SSSR count). The first kappa shape index (κ1) is 15.1. The molecule has 1 unspecified atom stereocenters. The molecule has 2 fully saturated rings. The molecule has 122 valence electrons. The maximum atomic E-state index is 4.50. The van der Waals surface area contributed by atoms with Crippen LogP contribution < -0.4 is 5.32 Å². The molecular formula is C19H26N4. The summed E-state index contributed by atoms with van der Waals surface area (Å²) in [5.41, 5.74) is 3.84. The lowest BCUT2D eigenvalue weighted by molar-refractivity contribution is 0.170. The molecule has 1 N–H and O–H groups in total. The lowest BCUT2D eigenvalue weighted by atomic mass is 10.1. The Hall–Kier alpha value is -1.49. The number of piperazine rings is 1. The molecule has 4 nitrogen and oxygen atoms in total. The van der Waals surface area contributed by atoms with E-state index >= 15 is 0 Å². The molecule has 2 aliphatic rings. The van der Waals surface area contributed by atoms with Crippen LogP contribution in [0.5, 0.6) is 0 Å². The van der Waals surface area contributed by atoms with E-state index in [1.54, 1.807) is 0 Å². The summed E-state index contributed by atoms with van der Waals surface area (Å²) in [6.45, 7) is 10.4. The molecule has 1 aromatic heterocycles. The number of nitrogens with one attached hydrogen (secondary N) is 1. The third-order valence-corrected chi connectivity index (χ3v) is 5.28. The zero-order chi connectivity index (χ0) is 15.6. The van der Waals surface area contributed by atoms with Gasteiger partial charge in [0.05, 0.1) is 5.52 Å². The quantitative estimate of drug-likeness (QED) is 0.940. The van der Waals surface area contributed by atoms with Crippen LogP contribution >= 0.6 is 0 Å². The Morgan fingerprint density at radius 3 is 2.96 bits per heavy atom. The standard InChI is InChI=1S/C19H26N4/c1-15-11-16(12-17-3-2-5-21-19(15)17)13-22-8-4-18(14-22)23-9-6-20-7-10-23/h2-3,5,11-12,18,20H,4,6-10,13-14H2,1H3. The topological polar surface area (TPSA) is 31.4 Å². The number of hydrogen-bond donors (Lipinski definition) is 1. The van der Waals surface area contributed by atoms with E-state index in [0.29, 0.717) is 0 Å². The summed E-state index contributed by atoms with van der Waals surface area (Å²) in [5, 5.41) is 4.72. The van der Waals surface area contributed by atoms with Crippen LogP contribution in [0.25, 0.3) is 10.9 Å². The monoisotopic (exact) mass is 310 g/mol. The molecule has 4 heteroatoms. The molecule has 1 atom stereocenters. The number of benzene rings is 1. The molecule has 1 aromatic carbocycles. The highest BCUT2D eigenvalue weighted by molar-refractivity contribution is 5.82. The number of fused-ring (bicyclic) bond motifs is 1. The normalized spacial score (nSPS) is 23.6. The average molecular weight is 310 g/mol. The van der Waals surface area contributed by atoms with Crippen LogP contribution in [-0.2, 0) is 6.54 Å². The van der Waals surface area contributed by atoms with E-state index in [-0.39, 0.29) is 0 Å². The molecule has 0 spiro atoms. The maximum Gasteiger partial charge on any atom is 0.0731 e. The number of nitrogens with zero attached hydrogens (tertiary/aromatic N) is 3. The molecule has 2 saturated heterocycles. The lowest BCUT2D eigenvalue weighted by Crippen LogP contribution is -2.49. The van der Waals surface area contributed by atoms with Gasteiger partial charge in [-0.1, -0.05) is 12.1 Å². The highest BCUT2D eigenvalue weighted by atomic mass is 15.3. The fraction of sp³-hybridized carbons (Fsp3) is 0.526. The van der Waals surface area contributed by atoms with Gasteiger partial charge >= 0.3 is 0 Å². The van der Waals surface area contributed by atoms with Crippen LogP contribution in [0.2, 0.25) is 0 Å². The smallest absolute Gasteiger partial charge is 0.0731 e. The third-order valence-electron chi connectivity index (χ3n) is 5.28. The molecule has 0 radical (unpaired) electrons. The van der Waals surface area contributed by atoms with Crippen molar-refractivity contribution in [3.05, 3.63) is 41.6 Å². The van der Waals surface area contributed by atoms with Crippen molar-refractivity contribution in [1.29, 1.82) is 0 Å². The van der Waals surface area contributed by atoms with E-state index in [1.807, 2.05) is 12.3 Å². The van der Waals surface area contributed by atoms with Crippen LogP contribution in [-0.4, -0.2) is 60.1 Å². The minimum Gasteiger partial charge on any atom is -0.314 e. The molecule has 2 aliphatic heterocycles. The minimum atomic E-state index is 0.750. The van der Waals surface area contributed by atoms with Crippen LogP contribution in [0.15, 0.2) is 30.5 Å². The van der Waals surface area contributed by atoms with E-state index < -0.39 is 0 Å². The van der Waals surface area contributed by atoms with Crippen molar-refractivity contribution < 1.29 is 0 Å². The molecule has 0 bridgehead atoms. The number of aromatic nitrogens is 1. The van der Waals surface area contributed by atoms with Gasteiger partial charge < -0.3 is 5.32 Å². The Morgan fingerprint density at radius 2 is 2.09 bits per heavy atom. The number of hydrogen-bond acceptors (Lipinski definition) is 4. The Kier molecular flexibility index (Phi) is 4.29. The largest absolute Gasteiger partial charge is 0.314 e. The van der Waals surface area contributed by atoms with Crippen LogP contribution in [0.4, 0.5) is 0 Å². The van der Waals surface area contributed by atoms with E-state index in [0.717, 1.165) is 31.2 Å². The highest BCUT2D eigenvalue weighted by Gasteiger charge is 2.28. The Balaban J connectivity index is 1.44. The van der Waals surface area contributed by atoms with Crippen molar-refractivity contribution in [2.45, 2.75) is 25.9 Å². The van der Waals surface area contributed by atoms with Gasteiger partial charge in [0.15, 0.2) is 0 Å². The van der Waals surface area contributed by atoms with E-state index in [4.69, 9.17) is 0 Å². The second-order valence-corrected chi connectivity index (χ2v) is 6.95. The Morgan fingerprint density at radius 1 is 1.22 bits per heavy atom. The van der Waals surface area contributed by atoms with E-state index in [9.17, 15) is 0 Å². The van der Waals surface area contributed by atoms with Gasteiger partial charge in [-0.05, 0) is 36.6 Å². The molecule has 2 aromatic rings. The first-order valence-corrected chi connectivity index (χ1v) is 8.81. The average Bonchev–Trinajstić information content (AvgIpc) is 3.04. The second kappa shape index (κ2) is 6.56. The Labute approximate surface area is 138 Å². The molecule has 0 amide bonds. The third kappa shape index (κ3) is 3.25. The van der Waals surface area contributed by atoms with Gasteiger partial charge in [0.25, 0.3) is 0 Å². The van der Waals surface area contributed by atoms with Gasteiger partial charge in [-0.3, -0.25) is 14.8 Å². The van der Waals surface area contributed by atoms with Crippen LogP contribution in [0.3, 0.4) is 0 Å². The highest BCUT2D eigenvalue weighted by Crippen LogP contribution is 2.22. The van der Waals surface area contributed by atoms with Crippen molar-refractivity contribution in [3.8, 4) is 0 Å². The van der Waals surface area contributed by atoms with E-state index in [1.165, 1.54) is 49.1 Å². The predicted octanol–water partition coefficient (Wildman–Crippen LogP) is 2.02. The SMILES string of the molecule is Cc1cc(CN2CCC(N3CCNCC3)C2)cc2cccnc12. The summed E-state index contributed by atoms with van der Waals surface area (Å²) in [6.07, 6.45) is 3.20.